The Bertz CT molecular complexity index is 1090. The lowest BCUT2D eigenvalue weighted by molar-refractivity contribution is -0.116. The molecule has 0 spiro atoms. The van der Waals surface area contributed by atoms with Crippen molar-refractivity contribution in [3.63, 3.8) is 0 Å². The van der Waals surface area contributed by atoms with Crippen LogP contribution in [0.25, 0.3) is 11.1 Å². The molecule has 28 heavy (non-hydrogen) atoms. The van der Waals surface area contributed by atoms with Crippen molar-refractivity contribution < 1.29 is 23.8 Å². The monoisotopic (exact) mass is 397 g/mol. The maximum absolute atomic E-state index is 13.8. The summed E-state index contributed by atoms with van der Waals surface area (Å²) in [4.78, 5) is 25.2. The molecular formula is C21H16FNO4S. The number of carboxylic acid groups (broad SMARTS) is 1. The molecule has 2 N–H and O–H groups in total. The van der Waals surface area contributed by atoms with Gasteiger partial charge in [-0.1, -0.05) is 24.3 Å². The number of hydrogen-bond donors (Lipinski definition) is 2. The van der Waals surface area contributed by atoms with E-state index in [9.17, 15) is 19.1 Å². The highest BCUT2D eigenvalue weighted by atomic mass is 32.1. The van der Waals surface area contributed by atoms with Crippen LogP contribution < -0.4 is 10.1 Å². The third kappa shape index (κ3) is 3.14. The number of ether oxygens (including phenoxy) is 1. The number of fused-ring (bicyclic) bond motifs is 1. The van der Waals surface area contributed by atoms with Crippen molar-refractivity contribution in [3.8, 4) is 16.9 Å². The van der Waals surface area contributed by atoms with Gasteiger partial charge < -0.3 is 15.2 Å². The summed E-state index contributed by atoms with van der Waals surface area (Å²) in [5, 5.41) is 12.5. The second-order valence-electron chi connectivity index (χ2n) is 6.44. The number of hydrogen-bond acceptors (Lipinski definition) is 4. The van der Waals surface area contributed by atoms with E-state index in [4.69, 9.17) is 4.74 Å². The summed E-state index contributed by atoms with van der Waals surface area (Å²) in [5.74, 6) is -1.44. The molecule has 3 aromatic rings. The van der Waals surface area contributed by atoms with E-state index in [1.807, 2.05) is 24.3 Å². The van der Waals surface area contributed by atoms with Gasteiger partial charge in [0.05, 0.1) is 12.8 Å². The van der Waals surface area contributed by atoms with Gasteiger partial charge in [-0.25, -0.2) is 9.18 Å². The van der Waals surface area contributed by atoms with E-state index in [2.05, 4.69) is 5.32 Å². The number of methoxy groups -OCH3 is 1. The first-order chi connectivity index (χ1) is 13.5. The van der Waals surface area contributed by atoms with Crippen molar-refractivity contribution in [1.82, 2.24) is 0 Å². The van der Waals surface area contributed by atoms with Crippen molar-refractivity contribution in [1.29, 1.82) is 0 Å². The van der Waals surface area contributed by atoms with Gasteiger partial charge in [0.2, 0.25) is 5.91 Å². The fraction of sp³-hybridized carbons (Fsp3) is 0.143. The third-order valence-electron chi connectivity index (χ3n) is 4.71. The predicted molar refractivity (Wildman–Crippen MR) is 105 cm³/mol. The maximum atomic E-state index is 13.8. The standard InChI is InChI=1S/C21H16FNO4S/c1-27-14-7-3-4-11(9-14)15-10-16(24)23-18-17(12-5-2-6-13(22)8-12)20(21(25)26)28-19(15)18/h2-9,15H,10H2,1H3,(H,23,24)(H,25,26)/t15-/m0/s1. The van der Waals surface area contributed by atoms with Crippen LogP contribution in [0.5, 0.6) is 5.75 Å². The Labute approximate surface area is 164 Å². The number of benzene rings is 2. The van der Waals surface area contributed by atoms with Crippen molar-refractivity contribution in [3.05, 3.63) is 69.7 Å². The molecule has 1 amide bonds. The predicted octanol–water partition coefficient (Wildman–Crippen LogP) is 4.74. The molecule has 0 radical (unpaired) electrons. The number of anilines is 1. The third-order valence-corrected chi connectivity index (χ3v) is 6.00. The molecule has 0 unspecified atom stereocenters. The normalized spacial score (nSPS) is 15.6. The second kappa shape index (κ2) is 7.09. The molecule has 142 valence electrons. The average Bonchev–Trinajstić information content (AvgIpc) is 3.07. The maximum Gasteiger partial charge on any atom is 0.346 e. The molecule has 2 heterocycles. The first-order valence-corrected chi connectivity index (χ1v) is 9.39. The zero-order valence-corrected chi connectivity index (χ0v) is 15.7. The highest BCUT2D eigenvalue weighted by molar-refractivity contribution is 7.15. The number of amides is 1. The van der Waals surface area contributed by atoms with Gasteiger partial charge in [0, 0.05) is 22.8 Å². The van der Waals surface area contributed by atoms with Crippen molar-refractivity contribution in [2.45, 2.75) is 12.3 Å². The molecule has 5 nitrogen and oxygen atoms in total. The van der Waals surface area contributed by atoms with Gasteiger partial charge in [-0.05, 0) is 35.4 Å². The fourth-order valence-electron chi connectivity index (χ4n) is 3.48. The minimum atomic E-state index is -1.11. The number of aromatic carboxylic acids is 1. The van der Waals surface area contributed by atoms with Crippen LogP contribution in [0.2, 0.25) is 0 Å². The molecule has 0 aliphatic carbocycles. The molecule has 4 rings (SSSR count). The van der Waals surface area contributed by atoms with E-state index in [1.54, 1.807) is 13.2 Å². The van der Waals surface area contributed by atoms with Crippen LogP contribution in [0.15, 0.2) is 48.5 Å². The number of halogens is 1. The summed E-state index contributed by atoms with van der Waals surface area (Å²) in [6, 6.07) is 13.1. The van der Waals surface area contributed by atoms with Crippen LogP contribution in [0, 0.1) is 5.82 Å². The summed E-state index contributed by atoms with van der Waals surface area (Å²) >= 11 is 1.11. The topological polar surface area (TPSA) is 75.6 Å². The molecule has 0 saturated carbocycles. The quantitative estimate of drug-likeness (QED) is 0.667. The zero-order chi connectivity index (χ0) is 19.8. The van der Waals surface area contributed by atoms with Gasteiger partial charge in [-0.3, -0.25) is 4.79 Å². The Balaban J connectivity index is 1.93. The largest absolute Gasteiger partial charge is 0.497 e. The van der Waals surface area contributed by atoms with Crippen LogP contribution in [0.1, 0.15) is 32.5 Å². The SMILES string of the molecule is COc1cccc([C@@H]2CC(=O)Nc3c2sc(C(=O)O)c3-c2cccc(F)c2)c1. The summed E-state index contributed by atoms with van der Waals surface area (Å²) in [5.41, 5.74) is 2.06. The van der Waals surface area contributed by atoms with Gasteiger partial charge in [0.25, 0.3) is 0 Å². The summed E-state index contributed by atoms with van der Waals surface area (Å²) < 4.78 is 19.1. The van der Waals surface area contributed by atoms with Crippen LogP contribution in [-0.2, 0) is 4.79 Å². The minimum absolute atomic E-state index is 0.0747. The fourth-order valence-corrected chi connectivity index (χ4v) is 4.73. The Kier molecular flexibility index (Phi) is 4.60. The van der Waals surface area contributed by atoms with Gasteiger partial charge in [0.1, 0.15) is 16.4 Å². The van der Waals surface area contributed by atoms with E-state index in [0.29, 0.717) is 22.6 Å². The van der Waals surface area contributed by atoms with Crippen molar-refractivity contribution in [2.75, 3.05) is 12.4 Å². The average molecular weight is 397 g/mol. The smallest absolute Gasteiger partial charge is 0.346 e. The summed E-state index contributed by atoms with van der Waals surface area (Å²) in [6.07, 6.45) is 0.197. The molecule has 1 atom stereocenters. The number of carboxylic acids is 1. The molecule has 0 fully saturated rings. The van der Waals surface area contributed by atoms with E-state index < -0.39 is 11.8 Å². The van der Waals surface area contributed by atoms with Crippen LogP contribution in [-0.4, -0.2) is 24.1 Å². The Morgan fingerprint density at radius 2 is 2.04 bits per heavy atom. The number of thiophene rings is 1. The van der Waals surface area contributed by atoms with E-state index in [0.717, 1.165) is 21.8 Å². The number of nitrogens with one attached hydrogen (secondary N) is 1. The molecule has 1 aliphatic heterocycles. The van der Waals surface area contributed by atoms with Gasteiger partial charge in [-0.2, -0.15) is 0 Å². The van der Waals surface area contributed by atoms with Gasteiger partial charge in [0.15, 0.2) is 0 Å². The lowest BCUT2D eigenvalue weighted by atomic mass is 9.88. The summed E-state index contributed by atoms with van der Waals surface area (Å²) in [7, 11) is 1.56. The van der Waals surface area contributed by atoms with E-state index in [1.165, 1.54) is 18.2 Å². The molecule has 0 saturated heterocycles. The molecular weight excluding hydrogens is 381 g/mol. The first kappa shape index (κ1) is 18.2. The van der Waals surface area contributed by atoms with Crippen LogP contribution in [0.3, 0.4) is 0 Å². The van der Waals surface area contributed by atoms with Gasteiger partial charge >= 0.3 is 5.97 Å². The molecule has 2 aromatic carbocycles. The van der Waals surface area contributed by atoms with Crippen molar-refractivity contribution in [2.24, 2.45) is 0 Å². The van der Waals surface area contributed by atoms with E-state index >= 15 is 0 Å². The minimum Gasteiger partial charge on any atom is -0.497 e. The number of carbonyl (C=O) groups excluding carboxylic acids is 1. The Morgan fingerprint density at radius 3 is 2.75 bits per heavy atom. The molecule has 0 bridgehead atoms. The summed E-state index contributed by atoms with van der Waals surface area (Å²) in [6.45, 7) is 0. The number of rotatable bonds is 4. The van der Waals surface area contributed by atoms with E-state index in [-0.39, 0.29) is 23.1 Å². The highest BCUT2D eigenvalue weighted by Crippen LogP contribution is 2.49. The van der Waals surface area contributed by atoms with Crippen molar-refractivity contribution >= 4 is 28.9 Å². The zero-order valence-electron chi connectivity index (χ0n) is 14.9. The Morgan fingerprint density at radius 1 is 1.25 bits per heavy atom. The highest BCUT2D eigenvalue weighted by Gasteiger charge is 2.34. The Hall–Kier alpha value is -3.19. The molecule has 7 heteroatoms. The lowest BCUT2D eigenvalue weighted by Crippen LogP contribution is -2.22. The van der Waals surface area contributed by atoms with Crippen LogP contribution >= 0.6 is 11.3 Å². The molecule has 1 aromatic heterocycles. The second-order valence-corrected chi connectivity index (χ2v) is 7.49. The first-order valence-electron chi connectivity index (χ1n) is 8.57. The lowest BCUT2D eigenvalue weighted by Gasteiger charge is -2.24. The van der Waals surface area contributed by atoms with Gasteiger partial charge in [-0.15, -0.1) is 11.3 Å². The molecule has 1 aliphatic rings. The number of carbonyl (C=O) groups is 2. The van der Waals surface area contributed by atoms with Crippen LogP contribution in [0.4, 0.5) is 10.1 Å².